The Bertz CT molecular complexity index is 158. The molecule has 0 radical (unpaired) electrons. The Kier molecular flexibility index (Phi) is 10.1. The Morgan fingerprint density at radius 1 is 1.27 bits per heavy atom. The second-order valence-corrected chi connectivity index (χ2v) is 4.11. The van der Waals surface area contributed by atoms with Gasteiger partial charge in [0.15, 0.2) is 6.29 Å². The van der Waals surface area contributed by atoms with Crippen molar-refractivity contribution in [1.29, 1.82) is 0 Å². The molecule has 0 heterocycles. The third-order valence-electron chi connectivity index (χ3n) is 1.66. The van der Waals surface area contributed by atoms with E-state index in [1.165, 1.54) is 0 Å². The number of ether oxygens (including phenoxy) is 2. The van der Waals surface area contributed by atoms with E-state index in [2.05, 4.69) is 0 Å². The SMILES string of the molecule is CCOC(CCSCCC(=O)O)OCC. The molecule has 5 heteroatoms. The third-order valence-corrected chi connectivity index (χ3v) is 2.68. The third kappa shape index (κ3) is 10.0. The van der Waals surface area contributed by atoms with E-state index >= 15 is 0 Å². The first-order valence-corrected chi connectivity index (χ1v) is 6.38. The van der Waals surface area contributed by atoms with Crippen LogP contribution in [0.2, 0.25) is 0 Å². The highest BCUT2D eigenvalue weighted by Gasteiger charge is 2.07. The fraction of sp³-hybridized carbons (Fsp3) is 0.900. The van der Waals surface area contributed by atoms with Gasteiger partial charge in [0.25, 0.3) is 0 Å². The normalized spacial score (nSPS) is 10.9. The molecule has 0 aliphatic carbocycles. The van der Waals surface area contributed by atoms with Gasteiger partial charge in [0.05, 0.1) is 6.42 Å². The molecule has 0 fully saturated rings. The summed E-state index contributed by atoms with van der Waals surface area (Å²) in [5.74, 6) is 0.784. The first kappa shape index (κ1) is 14.7. The van der Waals surface area contributed by atoms with E-state index in [0.29, 0.717) is 19.0 Å². The van der Waals surface area contributed by atoms with Gasteiger partial charge in [-0.3, -0.25) is 4.79 Å². The van der Waals surface area contributed by atoms with Crippen LogP contribution in [0.5, 0.6) is 0 Å². The number of hydrogen-bond acceptors (Lipinski definition) is 4. The van der Waals surface area contributed by atoms with Crippen LogP contribution in [0.4, 0.5) is 0 Å². The number of hydrogen-bond donors (Lipinski definition) is 1. The molecule has 0 amide bonds. The number of aliphatic carboxylic acids is 1. The lowest BCUT2D eigenvalue weighted by molar-refractivity contribution is -0.136. The number of carbonyl (C=O) groups is 1. The molecular weight excluding hydrogens is 216 g/mol. The smallest absolute Gasteiger partial charge is 0.304 e. The van der Waals surface area contributed by atoms with Gasteiger partial charge in [-0.15, -0.1) is 0 Å². The maximum Gasteiger partial charge on any atom is 0.304 e. The molecule has 0 aromatic rings. The topological polar surface area (TPSA) is 55.8 Å². The summed E-state index contributed by atoms with van der Waals surface area (Å²) in [5.41, 5.74) is 0. The Hall–Kier alpha value is -0.260. The maximum atomic E-state index is 10.2. The van der Waals surface area contributed by atoms with Crippen LogP contribution in [0.15, 0.2) is 0 Å². The molecule has 0 unspecified atom stereocenters. The van der Waals surface area contributed by atoms with Crippen molar-refractivity contribution in [2.75, 3.05) is 24.7 Å². The summed E-state index contributed by atoms with van der Waals surface area (Å²) >= 11 is 1.62. The van der Waals surface area contributed by atoms with Crippen LogP contribution in [0.25, 0.3) is 0 Å². The largest absolute Gasteiger partial charge is 0.481 e. The molecule has 0 saturated heterocycles. The van der Waals surface area contributed by atoms with Gasteiger partial charge in [-0.2, -0.15) is 11.8 Å². The molecule has 90 valence electrons. The maximum absolute atomic E-state index is 10.2. The molecule has 0 aromatic carbocycles. The van der Waals surface area contributed by atoms with Crippen LogP contribution < -0.4 is 0 Å². The molecular formula is C10H20O4S. The Labute approximate surface area is 95.3 Å². The lowest BCUT2D eigenvalue weighted by Gasteiger charge is -2.16. The van der Waals surface area contributed by atoms with Crippen LogP contribution in [-0.2, 0) is 14.3 Å². The summed E-state index contributed by atoms with van der Waals surface area (Å²) in [5, 5.41) is 8.43. The van der Waals surface area contributed by atoms with E-state index in [1.807, 2.05) is 13.8 Å². The minimum absolute atomic E-state index is 0.141. The summed E-state index contributed by atoms with van der Waals surface area (Å²) in [6, 6.07) is 0. The fourth-order valence-electron chi connectivity index (χ4n) is 1.03. The van der Waals surface area contributed by atoms with E-state index in [1.54, 1.807) is 11.8 Å². The molecule has 0 bridgehead atoms. The molecule has 0 aromatic heterocycles. The van der Waals surface area contributed by atoms with Gasteiger partial charge in [0.2, 0.25) is 0 Å². The van der Waals surface area contributed by atoms with Gasteiger partial charge in [0.1, 0.15) is 0 Å². The van der Waals surface area contributed by atoms with Crippen molar-refractivity contribution in [3.63, 3.8) is 0 Å². The van der Waals surface area contributed by atoms with E-state index in [9.17, 15) is 4.79 Å². The molecule has 0 spiro atoms. The number of carboxylic acids is 1. The van der Waals surface area contributed by atoms with Crippen molar-refractivity contribution in [3.8, 4) is 0 Å². The van der Waals surface area contributed by atoms with Crippen LogP contribution in [0.1, 0.15) is 26.7 Å². The number of thioether (sulfide) groups is 1. The molecule has 4 nitrogen and oxygen atoms in total. The summed E-state index contributed by atoms with van der Waals surface area (Å²) in [6.45, 7) is 5.15. The van der Waals surface area contributed by atoms with Crippen molar-refractivity contribution in [2.24, 2.45) is 0 Å². The lowest BCUT2D eigenvalue weighted by Crippen LogP contribution is -2.18. The standard InChI is InChI=1S/C10H20O4S/c1-3-13-10(14-4-2)6-8-15-7-5-9(11)12/h10H,3-8H2,1-2H3,(H,11,12). The van der Waals surface area contributed by atoms with Gasteiger partial charge >= 0.3 is 5.97 Å². The van der Waals surface area contributed by atoms with Crippen molar-refractivity contribution in [3.05, 3.63) is 0 Å². The van der Waals surface area contributed by atoms with E-state index in [0.717, 1.165) is 12.2 Å². The van der Waals surface area contributed by atoms with E-state index < -0.39 is 5.97 Å². The highest BCUT2D eigenvalue weighted by Crippen LogP contribution is 2.09. The first-order chi connectivity index (χ1) is 7.20. The van der Waals surface area contributed by atoms with Crippen molar-refractivity contribution in [1.82, 2.24) is 0 Å². The monoisotopic (exact) mass is 236 g/mol. The van der Waals surface area contributed by atoms with Gasteiger partial charge in [0, 0.05) is 25.4 Å². The predicted molar refractivity (Wildman–Crippen MR) is 61.2 cm³/mol. The minimum atomic E-state index is -0.742. The van der Waals surface area contributed by atoms with Crippen molar-refractivity contribution >= 4 is 17.7 Å². The van der Waals surface area contributed by atoms with Crippen LogP contribution in [-0.4, -0.2) is 42.1 Å². The van der Waals surface area contributed by atoms with Crippen molar-refractivity contribution < 1.29 is 19.4 Å². The second-order valence-electron chi connectivity index (χ2n) is 2.89. The molecule has 1 N–H and O–H groups in total. The summed E-state index contributed by atoms with van der Waals surface area (Å²) in [4.78, 5) is 10.2. The predicted octanol–water partition coefficient (Wildman–Crippen LogP) is 1.98. The van der Waals surface area contributed by atoms with Gasteiger partial charge < -0.3 is 14.6 Å². The lowest BCUT2D eigenvalue weighted by atomic mass is 10.5. The van der Waals surface area contributed by atoms with Crippen LogP contribution in [0, 0.1) is 0 Å². The summed E-state index contributed by atoms with van der Waals surface area (Å²) < 4.78 is 10.7. The average Bonchev–Trinajstić information content (AvgIpc) is 2.17. The van der Waals surface area contributed by atoms with Crippen LogP contribution in [0.3, 0.4) is 0 Å². The molecule has 0 saturated carbocycles. The minimum Gasteiger partial charge on any atom is -0.481 e. The second kappa shape index (κ2) is 10.3. The van der Waals surface area contributed by atoms with E-state index in [-0.39, 0.29) is 12.7 Å². The Balaban J connectivity index is 3.39. The number of carboxylic acid groups (broad SMARTS) is 1. The summed E-state index contributed by atoms with van der Waals surface area (Å²) in [6.07, 6.45) is 0.891. The van der Waals surface area contributed by atoms with Gasteiger partial charge in [-0.25, -0.2) is 0 Å². The van der Waals surface area contributed by atoms with Crippen molar-refractivity contribution in [2.45, 2.75) is 33.0 Å². The van der Waals surface area contributed by atoms with E-state index in [4.69, 9.17) is 14.6 Å². The zero-order valence-electron chi connectivity index (χ0n) is 9.40. The summed E-state index contributed by atoms with van der Waals surface area (Å²) in [7, 11) is 0. The molecule has 0 atom stereocenters. The fourth-order valence-corrected chi connectivity index (χ4v) is 1.91. The molecule has 0 aliphatic rings. The quantitative estimate of drug-likeness (QED) is 0.464. The van der Waals surface area contributed by atoms with Gasteiger partial charge in [-0.05, 0) is 19.6 Å². The highest BCUT2D eigenvalue weighted by molar-refractivity contribution is 7.99. The molecule has 0 rings (SSSR count). The van der Waals surface area contributed by atoms with Crippen LogP contribution >= 0.6 is 11.8 Å². The van der Waals surface area contributed by atoms with Gasteiger partial charge in [-0.1, -0.05) is 0 Å². The highest BCUT2D eigenvalue weighted by atomic mass is 32.2. The first-order valence-electron chi connectivity index (χ1n) is 5.23. The average molecular weight is 236 g/mol. The zero-order valence-corrected chi connectivity index (χ0v) is 10.2. The Morgan fingerprint density at radius 3 is 2.33 bits per heavy atom. The number of rotatable bonds is 10. The molecule has 15 heavy (non-hydrogen) atoms. The zero-order chi connectivity index (χ0) is 11.5. The molecule has 0 aliphatic heterocycles. The Morgan fingerprint density at radius 2 is 1.87 bits per heavy atom.